The van der Waals surface area contributed by atoms with Gasteiger partial charge in [0.2, 0.25) is 0 Å². The molecule has 0 N–H and O–H groups in total. The van der Waals surface area contributed by atoms with Gasteiger partial charge in [0.05, 0.1) is 0 Å². The van der Waals surface area contributed by atoms with E-state index in [9.17, 15) is 0 Å². The van der Waals surface area contributed by atoms with Crippen LogP contribution in [0.2, 0.25) is 0 Å². The Kier molecular flexibility index (Phi) is 1.51. The van der Waals surface area contributed by atoms with E-state index in [2.05, 4.69) is 20.3 Å². The molecule has 0 saturated heterocycles. The molecule has 0 aliphatic heterocycles. The number of hydrogen-bond acceptors (Lipinski definition) is 0. The normalized spacial score (nSPS) is 45.3. The Balaban J connectivity index is 2.02. The van der Waals surface area contributed by atoms with E-state index < -0.39 is 0 Å². The molecule has 0 spiro atoms. The van der Waals surface area contributed by atoms with E-state index in [1.165, 1.54) is 19.3 Å². The molecule has 2 rings (SSSR count). The van der Waals surface area contributed by atoms with E-state index in [0.717, 1.165) is 23.7 Å². The molecule has 2 aliphatic rings. The summed E-state index contributed by atoms with van der Waals surface area (Å²) in [5.41, 5.74) is 0. The monoisotopic (exact) mass is 137 g/mol. The van der Waals surface area contributed by atoms with Crippen molar-refractivity contribution in [2.45, 2.75) is 33.1 Å². The van der Waals surface area contributed by atoms with Crippen molar-refractivity contribution in [2.24, 2.45) is 23.7 Å². The maximum Gasteiger partial charge on any atom is -0.0318 e. The van der Waals surface area contributed by atoms with Crippen molar-refractivity contribution in [1.82, 2.24) is 0 Å². The van der Waals surface area contributed by atoms with Crippen LogP contribution < -0.4 is 0 Å². The first-order chi connectivity index (χ1) is 4.77. The molecule has 3 atom stereocenters. The first-order valence-electron chi connectivity index (χ1n) is 4.62. The van der Waals surface area contributed by atoms with Crippen LogP contribution in [-0.2, 0) is 0 Å². The van der Waals surface area contributed by atoms with Crippen molar-refractivity contribution in [3.8, 4) is 0 Å². The molecule has 0 heteroatoms. The summed E-state index contributed by atoms with van der Waals surface area (Å²) >= 11 is 0. The molecule has 0 amide bonds. The van der Waals surface area contributed by atoms with E-state index in [1.807, 2.05) is 0 Å². The van der Waals surface area contributed by atoms with Crippen LogP contribution in [0.15, 0.2) is 0 Å². The largest absolute Gasteiger partial charge is 0.0625 e. The van der Waals surface area contributed by atoms with Crippen molar-refractivity contribution in [3.05, 3.63) is 6.42 Å². The van der Waals surface area contributed by atoms with E-state index in [-0.39, 0.29) is 0 Å². The van der Waals surface area contributed by atoms with Gasteiger partial charge in [-0.25, -0.2) is 0 Å². The molecule has 2 bridgehead atoms. The zero-order valence-electron chi connectivity index (χ0n) is 7.01. The highest BCUT2D eigenvalue weighted by Crippen LogP contribution is 2.50. The van der Waals surface area contributed by atoms with Gasteiger partial charge in [-0.2, -0.15) is 0 Å². The topological polar surface area (TPSA) is 0 Å². The van der Waals surface area contributed by atoms with Crippen LogP contribution in [0.4, 0.5) is 0 Å². The Morgan fingerprint density at radius 1 is 1.30 bits per heavy atom. The van der Waals surface area contributed by atoms with E-state index >= 15 is 0 Å². The second kappa shape index (κ2) is 2.25. The van der Waals surface area contributed by atoms with Gasteiger partial charge in [0, 0.05) is 0 Å². The molecule has 2 aliphatic carbocycles. The summed E-state index contributed by atoms with van der Waals surface area (Å²) in [5, 5.41) is 0. The van der Waals surface area contributed by atoms with Crippen LogP contribution in [0.1, 0.15) is 33.1 Å². The van der Waals surface area contributed by atoms with E-state index in [1.54, 1.807) is 0 Å². The van der Waals surface area contributed by atoms with Crippen LogP contribution >= 0.6 is 0 Å². The number of fused-ring (bicyclic) bond motifs is 2. The van der Waals surface area contributed by atoms with Crippen LogP contribution in [0, 0.1) is 30.1 Å². The van der Waals surface area contributed by atoms with Gasteiger partial charge in [0.15, 0.2) is 0 Å². The highest BCUT2D eigenvalue weighted by atomic mass is 14.5. The zero-order chi connectivity index (χ0) is 7.14. The molecular formula is C10H17. The summed E-state index contributed by atoms with van der Waals surface area (Å²) in [6.07, 6.45) is 7.15. The van der Waals surface area contributed by atoms with Crippen LogP contribution in [0.5, 0.6) is 0 Å². The summed E-state index contributed by atoms with van der Waals surface area (Å²) in [4.78, 5) is 0. The lowest BCUT2D eigenvalue weighted by molar-refractivity contribution is 0.312. The second-order valence-electron chi connectivity index (χ2n) is 4.35. The third-order valence-electron chi connectivity index (χ3n) is 3.32. The standard InChI is InChI=1S/C10H17/c1-7(2)10-6-8-3-4-9(10)5-8/h6-10H,3-5H2,1-2H3. The summed E-state index contributed by atoms with van der Waals surface area (Å²) in [5.74, 6) is 3.96. The van der Waals surface area contributed by atoms with Gasteiger partial charge in [-0.05, 0) is 49.4 Å². The molecular weight excluding hydrogens is 120 g/mol. The van der Waals surface area contributed by atoms with Gasteiger partial charge in [0.1, 0.15) is 0 Å². The summed E-state index contributed by atoms with van der Waals surface area (Å²) < 4.78 is 0. The molecule has 3 unspecified atom stereocenters. The zero-order valence-corrected chi connectivity index (χ0v) is 7.01. The number of hydrogen-bond donors (Lipinski definition) is 0. The van der Waals surface area contributed by atoms with Crippen LogP contribution in [-0.4, -0.2) is 0 Å². The predicted molar refractivity (Wildman–Crippen MR) is 43.5 cm³/mol. The maximum atomic E-state index is 2.62. The highest BCUT2D eigenvalue weighted by molar-refractivity contribution is 5.02. The fourth-order valence-electron chi connectivity index (χ4n) is 2.82. The van der Waals surface area contributed by atoms with Crippen molar-refractivity contribution >= 4 is 0 Å². The van der Waals surface area contributed by atoms with Gasteiger partial charge < -0.3 is 0 Å². The van der Waals surface area contributed by atoms with E-state index in [0.29, 0.717) is 0 Å². The Morgan fingerprint density at radius 2 is 2.10 bits per heavy atom. The maximum absolute atomic E-state index is 2.62. The molecule has 1 radical (unpaired) electrons. The average molecular weight is 137 g/mol. The van der Waals surface area contributed by atoms with Gasteiger partial charge in [0.25, 0.3) is 0 Å². The van der Waals surface area contributed by atoms with Crippen LogP contribution in [0.3, 0.4) is 0 Å². The lowest BCUT2D eigenvalue weighted by Crippen LogP contribution is -2.16. The second-order valence-corrected chi connectivity index (χ2v) is 4.35. The first kappa shape index (κ1) is 6.69. The predicted octanol–water partition coefficient (Wildman–Crippen LogP) is 2.89. The van der Waals surface area contributed by atoms with Crippen molar-refractivity contribution < 1.29 is 0 Å². The van der Waals surface area contributed by atoms with Gasteiger partial charge >= 0.3 is 0 Å². The smallest absolute Gasteiger partial charge is 0.0318 e. The summed E-state index contributed by atoms with van der Waals surface area (Å²) in [6, 6.07) is 0. The summed E-state index contributed by atoms with van der Waals surface area (Å²) in [6.45, 7) is 4.73. The molecule has 57 valence electrons. The SMILES string of the molecule is CC(C)C1[CH]C2CCC1C2. The van der Waals surface area contributed by atoms with Crippen molar-refractivity contribution in [2.75, 3.05) is 0 Å². The lowest BCUT2D eigenvalue weighted by Gasteiger charge is -2.24. The molecule has 0 aromatic heterocycles. The molecule has 10 heavy (non-hydrogen) atoms. The highest BCUT2D eigenvalue weighted by Gasteiger charge is 2.40. The van der Waals surface area contributed by atoms with Crippen molar-refractivity contribution in [1.29, 1.82) is 0 Å². The average Bonchev–Trinajstić information content (AvgIpc) is 2.44. The third kappa shape index (κ3) is 0.889. The minimum Gasteiger partial charge on any atom is -0.0625 e. The van der Waals surface area contributed by atoms with Crippen LogP contribution in [0.25, 0.3) is 0 Å². The third-order valence-corrected chi connectivity index (χ3v) is 3.32. The summed E-state index contributed by atoms with van der Waals surface area (Å²) in [7, 11) is 0. The molecule has 0 nitrogen and oxygen atoms in total. The Hall–Kier alpha value is 0. The van der Waals surface area contributed by atoms with Gasteiger partial charge in [-0.3, -0.25) is 0 Å². The fourth-order valence-corrected chi connectivity index (χ4v) is 2.82. The molecule has 2 saturated carbocycles. The first-order valence-corrected chi connectivity index (χ1v) is 4.62. The lowest BCUT2D eigenvalue weighted by atomic mass is 9.81. The molecule has 0 aromatic carbocycles. The molecule has 0 heterocycles. The quantitative estimate of drug-likeness (QED) is 0.521. The van der Waals surface area contributed by atoms with Gasteiger partial charge in [-0.1, -0.05) is 13.8 Å². The minimum atomic E-state index is 0.898. The number of rotatable bonds is 1. The molecule has 0 aromatic rings. The molecule has 2 fully saturated rings. The fraction of sp³-hybridized carbons (Fsp3) is 0.900. The van der Waals surface area contributed by atoms with Gasteiger partial charge in [-0.15, -0.1) is 0 Å². The Morgan fingerprint density at radius 3 is 2.40 bits per heavy atom. The minimum absolute atomic E-state index is 0.898. The Bertz CT molecular complexity index is 126. The van der Waals surface area contributed by atoms with Crippen molar-refractivity contribution in [3.63, 3.8) is 0 Å². The Labute approximate surface area is 64.0 Å². The van der Waals surface area contributed by atoms with E-state index in [4.69, 9.17) is 0 Å².